The molecule has 2 unspecified atom stereocenters. The van der Waals surface area contributed by atoms with Crippen LogP contribution in [-0.2, 0) is 4.79 Å². The molecule has 0 aliphatic carbocycles. The Balaban J connectivity index is 1.56. The standard InChI is InChI=1S/C14H25N3O2/c15-10-3-5-16(6-4-10)9-14(19)17-11-1-2-12(17)8-13(18)7-11/h10-13,18H,1-9,15H2. The molecular weight excluding hydrogens is 242 g/mol. The highest BCUT2D eigenvalue weighted by molar-refractivity contribution is 5.79. The number of aliphatic hydroxyl groups is 1. The predicted octanol–water partition coefficient (Wildman–Crippen LogP) is -0.0762. The van der Waals surface area contributed by atoms with E-state index in [2.05, 4.69) is 9.80 Å². The third-order valence-electron chi connectivity index (χ3n) is 4.99. The molecule has 2 atom stereocenters. The lowest BCUT2D eigenvalue weighted by molar-refractivity contribution is -0.138. The van der Waals surface area contributed by atoms with Crippen LogP contribution in [0.1, 0.15) is 38.5 Å². The van der Waals surface area contributed by atoms with Crippen molar-refractivity contribution in [3.8, 4) is 0 Å². The Labute approximate surface area is 114 Å². The van der Waals surface area contributed by atoms with Gasteiger partial charge in [0, 0.05) is 31.2 Å². The molecule has 3 fully saturated rings. The summed E-state index contributed by atoms with van der Waals surface area (Å²) in [6.45, 7) is 2.42. The van der Waals surface area contributed by atoms with Crippen molar-refractivity contribution in [1.29, 1.82) is 0 Å². The van der Waals surface area contributed by atoms with E-state index in [0.717, 1.165) is 51.6 Å². The minimum atomic E-state index is -0.200. The Morgan fingerprint density at radius 3 is 2.26 bits per heavy atom. The van der Waals surface area contributed by atoms with Crippen molar-refractivity contribution < 1.29 is 9.90 Å². The van der Waals surface area contributed by atoms with Gasteiger partial charge in [-0.15, -0.1) is 0 Å². The highest BCUT2D eigenvalue weighted by Crippen LogP contribution is 2.35. The third kappa shape index (κ3) is 2.78. The van der Waals surface area contributed by atoms with E-state index < -0.39 is 0 Å². The number of nitrogens with two attached hydrogens (primary N) is 1. The Morgan fingerprint density at radius 2 is 1.68 bits per heavy atom. The summed E-state index contributed by atoms with van der Waals surface area (Å²) in [6, 6.07) is 0.884. The molecule has 3 saturated heterocycles. The molecule has 3 aliphatic rings. The van der Waals surface area contributed by atoms with Gasteiger partial charge in [0.15, 0.2) is 0 Å². The van der Waals surface area contributed by atoms with Crippen LogP contribution in [0.5, 0.6) is 0 Å². The number of carbonyl (C=O) groups excluding carboxylic acids is 1. The van der Waals surface area contributed by atoms with Gasteiger partial charge < -0.3 is 15.7 Å². The number of carbonyl (C=O) groups is 1. The number of fused-ring (bicyclic) bond motifs is 2. The topological polar surface area (TPSA) is 69.8 Å². The van der Waals surface area contributed by atoms with Crippen LogP contribution in [0.25, 0.3) is 0 Å². The zero-order valence-electron chi connectivity index (χ0n) is 11.5. The zero-order valence-corrected chi connectivity index (χ0v) is 11.5. The smallest absolute Gasteiger partial charge is 0.237 e. The second-order valence-electron chi connectivity index (χ2n) is 6.42. The molecule has 3 heterocycles. The number of rotatable bonds is 2. The van der Waals surface area contributed by atoms with Gasteiger partial charge in [-0.05, 0) is 38.5 Å². The third-order valence-corrected chi connectivity index (χ3v) is 4.99. The summed E-state index contributed by atoms with van der Waals surface area (Å²) in [5.41, 5.74) is 5.89. The van der Waals surface area contributed by atoms with Crippen molar-refractivity contribution in [3.05, 3.63) is 0 Å². The van der Waals surface area contributed by atoms with E-state index >= 15 is 0 Å². The lowest BCUT2D eigenvalue weighted by Crippen LogP contribution is -2.52. The van der Waals surface area contributed by atoms with Crippen LogP contribution in [-0.4, -0.2) is 64.7 Å². The largest absolute Gasteiger partial charge is 0.393 e. The molecule has 0 saturated carbocycles. The Bertz CT molecular complexity index is 328. The van der Waals surface area contributed by atoms with Gasteiger partial charge in [0.25, 0.3) is 0 Å². The minimum Gasteiger partial charge on any atom is -0.393 e. The van der Waals surface area contributed by atoms with Gasteiger partial charge in [0.2, 0.25) is 5.91 Å². The van der Waals surface area contributed by atoms with E-state index in [-0.39, 0.29) is 24.1 Å². The van der Waals surface area contributed by atoms with Crippen LogP contribution < -0.4 is 5.73 Å². The number of hydrogen-bond donors (Lipinski definition) is 2. The Kier molecular flexibility index (Phi) is 3.78. The van der Waals surface area contributed by atoms with Crippen LogP contribution in [0.4, 0.5) is 0 Å². The minimum absolute atomic E-state index is 0.200. The molecular formula is C14H25N3O2. The maximum atomic E-state index is 12.5. The van der Waals surface area contributed by atoms with Crippen LogP contribution >= 0.6 is 0 Å². The van der Waals surface area contributed by atoms with Crippen LogP contribution in [0, 0.1) is 0 Å². The fourth-order valence-corrected chi connectivity index (χ4v) is 3.94. The molecule has 108 valence electrons. The first-order chi connectivity index (χ1) is 9.13. The van der Waals surface area contributed by atoms with Crippen LogP contribution in [0.3, 0.4) is 0 Å². The molecule has 5 heteroatoms. The van der Waals surface area contributed by atoms with Crippen molar-refractivity contribution in [2.45, 2.75) is 62.8 Å². The predicted molar refractivity (Wildman–Crippen MR) is 72.5 cm³/mol. The second-order valence-corrected chi connectivity index (χ2v) is 6.42. The molecule has 19 heavy (non-hydrogen) atoms. The fourth-order valence-electron chi connectivity index (χ4n) is 3.94. The van der Waals surface area contributed by atoms with Crippen molar-refractivity contribution in [2.24, 2.45) is 5.73 Å². The molecule has 1 amide bonds. The maximum absolute atomic E-state index is 12.5. The number of likely N-dealkylation sites (tertiary alicyclic amines) is 1. The van der Waals surface area contributed by atoms with Gasteiger partial charge in [0.1, 0.15) is 0 Å². The van der Waals surface area contributed by atoms with Crippen molar-refractivity contribution in [1.82, 2.24) is 9.80 Å². The average Bonchev–Trinajstić information content (AvgIpc) is 2.65. The van der Waals surface area contributed by atoms with Crippen LogP contribution in [0.15, 0.2) is 0 Å². The van der Waals surface area contributed by atoms with Gasteiger partial charge in [-0.1, -0.05) is 0 Å². The van der Waals surface area contributed by atoms with E-state index in [4.69, 9.17) is 5.73 Å². The lowest BCUT2D eigenvalue weighted by Gasteiger charge is -2.39. The first-order valence-corrected chi connectivity index (χ1v) is 7.60. The molecule has 3 aliphatic heterocycles. The first kappa shape index (κ1) is 13.3. The number of amides is 1. The van der Waals surface area contributed by atoms with E-state index in [9.17, 15) is 9.90 Å². The van der Waals surface area contributed by atoms with E-state index in [1.165, 1.54) is 0 Å². The molecule has 0 aromatic rings. The number of aliphatic hydroxyl groups excluding tert-OH is 1. The summed E-state index contributed by atoms with van der Waals surface area (Å²) in [5, 5.41) is 9.78. The maximum Gasteiger partial charge on any atom is 0.237 e. The van der Waals surface area contributed by atoms with Gasteiger partial charge >= 0.3 is 0 Å². The summed E-state index contributed by atoms with van der Waals surface area (Å²) in [7, 11) is 0. The molecule has 0 radical (unpaired) electrons. The summed E-state index contributed by atoms with van der Waals surface area (Å²) < 4.78 is 0. The second kappa shape index (κ2) is 5.38. The quantitative estimate of drug-likeness (QED) is 0.734. The Morgan fingerprint density at radius 1 is 1.11 bits per heavy atom. The zero-order chi connectivity index (χ0) is 13.4. The summed E-state index contributed by atoms with van der Waals surface area (Å²) in [5.74, 6) is 0.259. The fraction of sp³-hybridized carbons (Fsp3) is 0.929. The normalized spacial score (nSPS) is 36.7. The highest BCUT2D eigenvalue weighted by atomic mass is 16.3. The van der Waals surface area contributed by atoms with Gasteiger partial charge in [-0.3, -0.25) is 9.69 Å². The molecule has 3 N–H and O–H groups in total. The summed E-state index contributed by atoms with van der Waals surface area (Å²) in [6.07, 6.45) is 5.48. The molecule has 0 spiro atoms. The van der Waals surface area contributed by atoms with E-state index in [0.29, 0.717) is 12.6 Å². The molecule has 5 nitrogen and oxygen atoms in total. The van der Waals surface area contributed by atoms with E-state index in [1.807, 2.05) is 0 Å². The SMILES string of the molecule is NC1CCN(CC(=O)N2C3CCC2CC(O)C3)CC1. The Hall–Kier alpha value is -0.650. The molecule has 2 bridgehead atoms. The van der Waals surface area contributed by atoms with Crippen molar-refractivity contribution in [3.63, 3.8) is 0 Å². The van der Waals surface area contributed by atoms with Crippen molar-refractivity contribution >= 4 is 5.91 Å². The van der Waals surface area contributed by atoms with Crippen molar-refractivity contribution in [2.75, 3.05) is 19.6 Å². The highest BCUT2D eigenvalue weighted by Gasteiger charge is 2.42. The lowest BCUT2D eigenvalue weighted by atomic mass is 9.99. The molecule has 0 aromatic heterocycles. The van der Waals surface area contributed by atoms with E-state index in [1.54, 1.807) is 0 Å². The molecule has 0 aromatic carbocycles. The monoisotopic (exact) mass is 267 g/mol. The molecule has 3 rings (SSSR count). The number of piperidine rings is 2. The van der Waals surface area contributed by atoms with Gasteiger partial charge in [-0.25, -0.2) is 0 Å². The van der Waals surface area contributed by atoms with Crippen LogP contribution in [0.2, 0.25) is 0 Å². The number of hydrogen-bond acceptors (Lipinski definition) is 4. The summed E-state index contributed by atoms with van der Waals surface area (Å²) >= 11 is 0. The van der Waals surface area contributed by atoms with Gasteiger partial charge in [-0.2, -0.15) is 0 Å². The van der Waals surface area contributed by atoms with Gasteiger partial charge in [0.05, 0.1) is 12.6 Å². The number of nitrogens with zero attached hydrogens (tertiary/aromatic N) is 2. The average molecular weight is 267 g/mol. The first-order valence-electron chi connectivity index (χ1n) is 7.60. The summed E-state index contributed by atoms with van der Waals surface area (Å²) in [4.78, 5) is 16.8.